The van der Waals surface area contributed by atoms with Gasteiger partial charge >= 0.3 is 0 Å². The fourth-order valence-electron chi connectivity index (χ4n) is 3.16. The molecule has 124 valence electrons. The van der Waals surface area contributed by atoms with Gasteiger partial charge in [-0.25, -0.2) is 0 Å². The molecule has 4 heteroatoms. The Morgan fingerprint density at radius 2 is 1.96 bits per heavy atom. The molecule has 1 N–H and O–H groups in total. The van der Waals surface area contributed by atoms with Crippen LogP contribution in [0.3, 0.4) is 0 Å². The second-order valence-electron chi connectivity index (χ2n) is 6.16. The second-order valence-corrected chi connectivity index (χ2v) is 6.16. The van der Waals surface area contributed by atoms with E-state index >= 15 is 0 Å². The summed E-state index contributed by atoms with van der Waals surface area (Å²) in [5.74, 6) is 0.908. The predicted octanol–water partition coefficient (Wildman–Crippen LogP) is 3.33. The topological polar surface area (TPSA) is 48.3 Å². The van der Waals surface area contributed by atoms with Crippen LogP contribution in [0.4, 0.5) is 5.69 Å². The molecule has 0 spiro atoms. The van der Waals surface area contributed by atoms with Gasteiger partial charge in [0.15, 0.2) is 0 Å². The Bertz CT molecular complexity index is 715. The lowest BCUT2D eigenvalue weighted by Gasteiger charge is -2.34. The molecule has 1 aliphatic heterocycles. The van der Waals surface area contributed by atoms with Gasteiger partial charge in [0.1, 0.15) is 5.75 Å². The van der Waals surface area contributed by atoms with Gasteiger partial charge in [0.2, 0.25) is 0 Å². The molecule has 0 atom stereocenters. The van der Waals surface area contributed by atoms with Crippen LogP contribution in [0.15, 0.2) is 48.5 Å². The van der Waals surface area contributed by atoms with E-state index in [2.05, 4.69) is 34.5 Å². The second kappa shape index (κ2) is 7.85. The lowest BCUT2D eigenvalue weighted by molar-refractivity contribution is 0.409. The Balaban J connectivity index is 1.50. The Kier molecular flexibility index (Phi) is 5.35. The zero-order chi connectivity index (χ0) is 16.8. The van der Waals surface area contributed by atoms with Crippen LogP contribution in [-0.4, -0.2) is 26.2 Å². The van der Waals surface area contributed by atoms with Gasteiger partial charge in [-0.05, 0) is 42.7 Å². The highest BCUT2D eigenvalue weighted by atomic mass is 16.5. The third kappa shape index (κ3) is 4.06. The maximum absolute atomic E-state index is 8.97. The number of ether oxygens (including phenoxy) is 1. The van der Waals surface area contributed by atoms with E-state index in [-0.39, 0.29) is 0 Å². The highest BCUT2D eigenvalue weighted by molar-refractivity contribution is 5.51. The Morgan fingerprint density at radius 1 is 1.17 bits per heavy atom. The number of hydrogen-bond acceptors (Lipinski definition) is 4. The molecule has 1 heterocycles. The summed E-state index contributed by atoms with van der Waals surface area (Å²) in [5.41, 5.74) is 3.13. The van der Waals surface area contributed by atoms with Crippen molar-refractivity contribution >= 4 is 5.69 Å². The monoisotopic (exact) mass is 321 g/mol. The average Bonchev–Trinajstić information content (AvgIpc) is 2.67. The third-order valence-electron chi connectivity index (χ3n) is 4.56. The number of rotatable bonds is 5. The molecule has 0 bridgehead atoms. The smallest absolute Gasteiger partial charge is 0.120 e. The molecule has 4 nitrogen and oxygen atoms in total. The summed E-state index contributed by atoms with van der Waals surface area (Å²) >= 11 is 0. The van der Waals surface area contributed by atoms with E-state index in [0.29, 0.717) is 6.04 Å². The van der Waals surface area contributed by atoms with Crippen LogP contribution >= 0.6 is 0 Å². The maximum atomic E-state index is 8.97. The molecule has 24 heavy (non-hydrogen) atoms. The van der Waals surface area contributed by atoms with Gasteiger partial charge in [0.05, 0.1) is 18.7 Å². The number of nitrogens with zero attached hydrogens (tertiary/aromatic N) is 2. The molecular weight excluding hydrogens is 298 g/mol. The lowest BCUT2D eigenvalue weighted by Crippen LogP contribution is -2.42. The van der Waals surface area contributed by atoms with E-state index in [1.54, 1.807) is 7.11 Å². The minimum absolute atomic E-state index is 0.526. The lowest BCUT2D eigenvalue weighted by atomic mass is 10.0. The summed E-state index contributed by atoms with van der Waals surface area (Å²) in [6.07, 6.45) is 2.24. The first-order valence-corrected chi connectivity index (χ1v) is 8.40. The zero-order valence-corrected chi connectivity index (χ0v) is 14.0. The van der Waals surface area contributed by atoms with Crippen molar-refractivity contribution in [1.82, 2.24) is 5.32 Å². The molecule has 2 aromatic carbocycles. The molecule has 0 radical (unpaired) electrons. The third-order valence-corrected chi connectivity index (χ3v) is 4.56. The van der Waals surface area contributed by atoms with Crippen LogP contribution in [0.25, 0.3) is 0 Å². The van der Waals surface area contributed by atoms with E-state index in [9.17, 15) is 0 Å². The molecule has 0 aliphatic carbocycles. The maximum Gasteiger partial charge on any atom is 0.120 e. The highest BCUT2D eigenvalue weighted by Gasteiger charge is 2.19. The van der Waals surface area contributed by atoms with Crippen LogP contribution in [-0.2, 0) is 6.54 Å². The summed E-state index contributed by atoms with van der Waals surface area (Å²) in [6, 6.07) is 18.8. The fourth-order valence-corrected chi connectivity index (χ4v) is 3.16. The molecule has 1 fully saturated rings. The molecule has 0 unspecified atom stereocenters. The van der Waals surface area contributed by atoms with Crippen molar-refractivity contribution in [2.24, 2.45) is 0 Å². The van der Waals surface area contributed by atoms with Crippen LogP contribution in [0.2, 0.25) is 0 Å². The Morgan fingerprint density at radius 3 is 2.71 bits per heavy atom. The van der Waals surface area contributed by atoms with Crippen molar-refractivity contribution in [2.45, 2.75) is 25.4 Å². The van der Waals surface area contributed by atoms with Crippen LogP contribution in [0.5, 0.6) is 5.75 Å². The number of anilines is 1. The van der Waals surface area contributed by atoms with Crippen LogP contribution in [0.1, 0.15) is 24.0 Å². The van der Waals surface area contributed by atoms with E-state index in [1.807, 2.05) is 30.3 Å². The highest BCUT2D eigenvalue weighted by Crippen LogP contribution is 2.24. The van der Waals surface area contributed by atoms with E-state index in [0.717, 1.165) is 43.8 Å². The molecule has 1 saturated heterocycles. The van der Waals surface area contributed by atoms with Gasteiger partial charge in [0, 0.05) is 37.4 Å². The SMILES string of the molecule is COc1cccc(N2CCC(NCc3cccc(C#N)c3)CC2)c1. The van der Waals surface area contributed by atoms with Crippen molar-refractivity contribution in [3.63, 3.8) is 0 Å². The van der Waals surface area contributed by atoms with Crippen LogP contribution < -0.4 is 15.0 Å². The van der Waals surface area contributed by atoms with Gasteiger partial charge in [0.25, 0.3) is 0 Å². The molecule has 3 rings (SSSR count). The number of hydrogen-bond donors (Lipinski definition) is 1. The fraction of sp³-hybridized carbons (Fsp3) is 0.350. The number of nitrogens with one attached hydrogen (secondary N) is 1. The summed E-state index contributed by atoms with van der Waals surface area (Å²) < 4.78 is 5.31. The molecule has 0 saturated carbocycles. The normalized spacial score (nSPS) is 15.1. The van der Waals surface area contributed by atoms with Gasteiger partial charge in [-0.15, -0.1) is 0 Å². The molecule has 0 aromatic heterocycles. The quantitative estimate of drug-likeness (QED) is 0.918. The van der Waals surface area contributed by atoms with E-state index in [1.165, 1.54) is 11.3 Å². The molecule has 2 aromatic rings. The number of benzene rings is 2. The number of piperidine rings is 1. The van der Waals surface area contributed by atoms with Crippen molar-refractivity contribution in [3.05, 3.63) is 59.7 Å². The van der Waals surface area contributed by atoms with Crippen molar-refractivity contribution < 1.29 is 4.74 Å². The number of methoxy groups -OCH3 is 1. The zero-order valence-electron chi connectivity index (χ0n) is 14.0. The van der Waals surface area contributed by atoms with E-state index < -0.39 is 0 Å². The first-order valence-electron chi connectivity index (χ1n) is 8.40. The van der Waals surface area contributed by atoms with Gasteiger partial charge < -0.3 is 15.0 Å². The molecule has 0 amide bonds. The molecular formula is C20H23N3O. The summed E-state index contributed by atoms with van der Waals surface area (Å²) in [6.45, 7) is 2.91. The van der Waals surface area contributed by atoms with Crippen molar-refractivity contribution in [3.8, 4) is 11.8 Å². The number of nitriles is 1. The first kappa shape index (κ1) is 16.4. The predicted molar refractivity (Wildman–Crippen MR) is 96.2 cm³/mol. The minimum atomic E-state index is 0.526. The van der Waals surface area contributed by atoms with Crippen molar-refractivity contribution in [2.75, 3.05) is 25.1 Å². The van der Waals surface area contributed by atoms with Gasteiger partial charge in [-0.2, -0.15) is 5.26 Å². The molecule has 1 aliphatic rings. The summed E-state index contributed by atoms with van der Waals surface area (Å²) in [5, 5.41) is 12.6. The van der Waals surface area contributed by atoms with Gasteiger partial charge in [-0.1, -0.05) is 18.2 Å². The van der Waals surface area contributed by atoms with E-state index in [4.69, 9.17) is 10.00 Å². The first-order chi connectivity index (χ1) is 11.8. The summed E-state index contributed by atoms with van der Waals surface area (Å²) in [7, 11) is 1.70. The Hall–Kier alpha value is -2.51. The van der Waals surface area contributed by atoms with Crippen molar-refractivity contribution in [1.29, 1.82) is 5.26 Å². The standard InChI is InChI=1S/C20H23N3O/c1-24-20-7-3-6-19(13-20)23-10-8-18(9-11-23)22-15-17-5-2-4-16(12-17)14-21/h2-7,12-13,18,22H,8-11,15H2,1H3. The largest absolute Gasteiger partial charge is 0.497 e. The van der Waals surface area contributed by atoms with Crippen LogP contribution in [0, 0.1) is 11.3 Å². The van der Waals surface area contributed by atoms with Gasteiger partial charge in [-0.3, -0.25) is 0 Å². The summed E-state index contributed by atoms with van der Waals surface area (Å²) in [4.78, 5) is 2.41. The average molecular weight is 321 g/mol. The minimum Gasteiger partial charge on any atom is -0.497 e. The Labute approximate surface area is 143 Å².